The first-order valence-electron chi connectivity index (χ1n) is 12.4. The third-order valence-corrected chi connectivity index (χ3v) is 6.37. The van der Waals surface area contributed by atoms with Gasteiger partial charge in [0.05, 0.1) is 13.7 Å². The van der Waals surface area contributed by atoms with Crippen molar-refractivity contribution in [2.45, 2.75) is 13.5 Å². The van der Waals surface area contributed by atoms with Gasteiger partial charge in [-0.1, -0.05) is 60.0 Å². The smallest absolute Gasteiger partial charge is 0.270 e. The molecule has 4 aromatic rings. The molecule has 2 N–H and O–H groups in total. The van der Waals surface area contributed by atoms with Gasteiger partial charge < -0.3 is 29.0 Å². The van der Waals surface area contributed by atoms with Gasteiger partial charge >= 0.3 is 0 Å². The van der Waals surface area contributed by atoms with E-state index in [9.17, 15) is 9.59 Å². The fourth-order valence-corrected chi connectivity index (χ4v) is 4.32. The van der Waals surface area contributed by atoms with E-state index in [0.717, 1.165) is 35.2 Å². The fraction of sp³-hybridized carbons (Fsp3) is 0.267. The molecule has 0 atom stereocenters. The van der Waals surface area contributed by atoms with Crippen molar-refractivity contribution in [3.05, 3.63) is 95.7 Å². The molecule has 0 radical (unpaired) electrons. The van der Waals surface area contributed by atoms with Crippen molar-refractivity contribution in [3.63, 3.8) is 0 Å². The Morgan fingerprint density at radius 1 is 1.03 bits per heavy atom. The van der Waals surface area contributed by atoms with Crippen molar-refractivity contribution in [2.24, 2.45) is 0 Å². The number of carbonyl (C=O) groups is 2. The molecule has 0 aliphatic heterocycles. The van der Waals surface area contributed by atoms with Crippen molar-refractivity contribution >= 4 is 40.7 Å². The molecule has 8 heteroatoms. The highest BCUT2D eigenvalue weighted by Gasteiger charge is 2.18. The van der Waals surface area contributed by atoms with Gasteiger partial charge in [-0.3, -0.25) is 4.79 Å². The van der Waals surface area contributed by atoms with Crippen LogP contribution in [-0.4, -0.2) is 67.0 Å². The van der Waals surface area contributed by atoms with Gasteiger partial charge in [0.2, 0.25) is 0 Å². The highest BCUT2D eigenvalue weighted by Crippen LogP contribution is 2.22. The quantitative estimate of drug-likeness (QED) is 0.192. The lowest BCUT2D eigenvalue weighted by Gasteiger charge is -2.24. The Morgan fingerprint density at radius 3 is 2.47 bits per heavy atom. The molecular weight excluding hydrogens is 496 g/mol. The lowest BCUT2D eigenvalue weighted by Crippen LogP contribution is -2.38. The molecule has 4 rings (SSSR count). The summed E-state index contributed by atoms with van der Waals surface area (Å²) in [5.74, 6) is 0.538. The third-order valence-electron chi connectivity index (χ3n) is 5.93. The number of methoxy groups -OCH3 is 1. The van der Waals surface area contributed by atoms with Gasteiger partial charge in [-0.15, -0.1) is 0 Å². The number of aromatic nitrogens is 1. The number of likely N-dealkylation sites (N-methyl/N-ethyl adjacent to an activating group) is 1. The molecule has 38 heavy (non-hydrogen) atoms. The van der Waals surface area contributed by atoms with Crippen LogP contribution in [-0.2, 0) is 11.3 Å². The Labute approximate surface area is 229 Å². The number of aldehydes is 1. The van der Waals surface area contributed by atoms with Crippen LogP contribution in [0.4, 0.5) is 5.69 Å². The summed E-state index contributed by atoms with van der Waals surface area (Å²) in [6.45, 7) is 3.99. The van der Waals surface area contributed by atoms with Crippen LogP contribution in [0.2, 0.25) is 0 Å². The predicted molar refractivity (Wildman–Crippen MR) is 158 cm³/mol. The van der Waals surface area contributed by atoms with Crippen LogP contribution < -0.4 is 9.46 Å². The summed E-state index contributed by atoms with van der Waals surface area (Å²) >= 11 is 1.56. The molecule has 0 unspecified atom stereocenters. The molecule has 0 saturated carbocycles. The van der Waals surface area contributed by atoms with Gasteiger partial charge in [0.25, 0.3) is 5.91 Å². The van der Waals surface area contributed by atoms with E-state index in [4.69, 9.17) is 4.74 Å². The molecule has 200 valence electrons. The molecule has 1 heterocycles. The molecular formula is C30H36N4O3S. The maximum absolute atomic E-state index is 13.0. The number of aromatic amines is 1. The summed E-state index contributed by atoms with van der Waals surface area (Å²) in [4.78, 5) is 31.1. The van der Waals surface area contributed by atoms with Gasteiger partial charge in [0.1, 0.15) is 17.7 Å². The zero-order chi connectivity index (χ0) is 27.3. The fourth-order valence-electron chi connectivity index (χ4n) is 3.96. The van der Waals surface area contributed by atoms with Crippen LogP contribution in [0.3, 0.4) is 0 Å². The number of hydrogen-bond donors (Lipinski definition) is 2. The number of rotatable bonds is 11. The number of carbonyl (C=O) groups excluding carboxylic acids is 2. The highest BCUT2D eigenvalue weighted by molar-refractivity contribution is 7.99. The van der Waals surface area contributed by atoms with Crippen molar-refractivity contribution in [3.8, 4) is 5.75 Å². The molecule has 0 spiro atoms. The second-order valence-corrected chi connectivity index (χ2v) is 9.57. The summed E-state index contributed by atoms with van der Waals surface area (Å²) in [6, 6.07) is 25.9. The molecule has 0 fully saturated rings. The molecule has 1 aromatic heterocycles. The summed E-state index contributed by atoms with van der Waals surface area (Å²) < 4.78 is 8.48. The molecule has 1 amide bonds. The SMILES string of the molecule is COc1ccc2[nH]c(C(=O)N(CC=O)CCN(C)Cc3cccc(NSC)c3)cc2c1.Cc1ccccc1. The molecule has 0 aliphatic carbocycles. The maximum atomic E-state index is 13.0. The van der Waals surface area contributed by atoms with Crippen LogP contribution in [0.5, 0.6) is 5.75 Å². The van der Waals surface area contributed by atoms with Crippen LogP contribution in [0.15, 0.2) is 78.9 Å². The van der Waals surface area contributed by atoms with E-state index in [1.807, 2.05) is 61.8 Å². The molecule has 0 bridgehead atoms. The number of H-pyrrole nitrogens is 1. The summed E-state index contributed by atoms with van der Waals surface area (Å²) in [5, 5.41) is 0.893. The monoisotopic (exact) mass is 532 g/mol. The first kappa shape index (κ1) is 28.8. The molecule has 0 aliphatic rings. The number of benzene rings is 3. The lowest BCUT2D eigenvalue weighted by molar-refractivity contribution is -0.108. The van der Waals surface area contributed by atoms with Gasteiger partial charge in [-0.2, -0.15) is 0 Å². The first-order valence-corrected chi connectivity index (χ1v) is 13.6. The van der Waals surface area contributed by atoms with Crippen LogP contribution in [0.1, 0.15) is 21.6 Å². The lowest BCUT2D eigenvalue weighted by atomic mass is 10.2. The normalized spacial score (nSPS) is 10.6. The van der Waals surface area contributed by atoms with Gasteiger partial charge in [0, 0.05) is 42.5 Å². The van der Waals surface area contributed by atoms with Gasteiger partial charge in [0.15, 0.2) is 0 Å². The van der Waals surface area contributed by atoms with E-state index in [0.29, 0.717) is 18.8 Å². The summed E-state index contributed by atoms with van der Waals surface area (Å²) in [6.07, 6.45) is 2.75. The second kappa shape index (κ2) is 14.9. The number of fused-ring (bicyclic) bond motifs is 1. The van der Waals surface area contributed by atoms with E-state index in [2.05, 4.69) is 45.8 Å². The van der Waals surface area contributed by atoms with Crippen LogP contribution >= 0.6 is 11.9 Å². The first-order chi connectivity index (χ1) is 18.4. The zero-order valence-electron chi connectivity index (χ0n) is 22.4. The Hall–Kier alpha value is -3.75. The number of nitrogens with one attached hydrogen (secondary N) is 2. The Morgan fingerprint density at radius 2 is 1.82 bits per heavy atom. The van der Waals surface area contributed by atoms with E-state index in [1.165, 1.54) is 11.1 Å². The Bertz CT molecular complexity index is 1310. The van der Waals surface area contributed by atoms with E-state index in [-0.39, 0.29) is 12.5 Å². The zero-order valence-corrected chi connectivity index (χ0v) is 23.3. The minimum atomic E-state index is -0.193. The maximum Gasteiger partial charge on any atom is 0.270 e. The second-order valence-electron chi connectivity index (χ2n) is 8.95. The number of anilines is 1. The van der Waals surface area contributed by atoms with Crippen LogP contribution in [0, 0.1) is 6.92 Å². The number of aryl methyl sites for hydroxylation is 1. The Kier molecular flexibility index (Phi) is 11.3. The largest absolute Gasteiger partial charge is 0.497 e. The van der Waals surface area contributed by atoms with Gasteiger partial charge in [-0.05, 0) is 55.9 Å². The minimum absolute atomic E-state index is 0.0541. The van der Waals surface area contributed by atoms with Gasteiger partial charge in [-0.25, -0.2) is 0 Å². The molecule has 3 aromatic carbocycles. The highest BCUT2D eigenvalue weighted by atomic mass is 32.2. The van der Waals surface area contributed by atoms with Crippen LogP contribution in [0.25, 0.3) is 10.9 Å². The molecule has 0 saturated heterocycles. The summed E-state index contributed by atoms with van der Waals surface area (Å²) in [7, 11) is 3.62. The topological polar surface area (TPSA) is 77.7 Å². The van der Waals surface area contributed by atoms with Crippen molar-refractivity contribution < 1.29 is 14.3 Å². The predicted octanol–water partition coefficient (Wildman–Crippen LogP) is 5.63. The standard InChI is InChI=1S/C23H28N4O3S.C7H8/c1-26(16-17-5-4-6-19(13-17)25-31-3)9-10-27(11-12-28)23(29)22-15-18-14-20(30-2)7-8-21(18)24-22;1-7-5-3-2-4-6-7/h4-8,12-15,24-25H,9-11,16H2,1-3H3;2-6H,1H3. The van der Waals surface area contributed by atoms with E-state index < -0.39 is 0 Å². The Balaban J connectivity index is 0.000000494. The third kappa shape index (κ3) is 8.68. The summed E-state index contributed by atoms with van der Waals surface area (Å²) in [5.41, 5.74) is 4.88. The van der Waals surface area contributed by atoms with Crippen molar-refractivity contribution in [1.29, 1.82) is 0 Å². The van der Waals surface area contributed by atoms with Crippen molar-refractivity contribution in [2.75, 3.05) is 44.8 Å². The number of amides is 1. The number of ether oxygens (including phenoxy) is 1. The number of nitrogens with zero attached hydrogens (tertiary/aromatic N) is 2. The average Bonchev–Trinajstić information content (AvgIpc) is 3.35. The minimum Gasteiger partial charge on any atom is -0.497 e. The average molecular weight is 533 g/mol. The number of hydrogen-bond acceptors (Lipinski definition) is 6. The molecule has 7 nitrogen and oxygen atoms in total. The van der Waals surface area contributed by atoms with Crippen molar-refractivity contribution in [1.82, 2.24) is 14.8 Å². The van der Waals surface area contributed by atoms with E-state index >= 15 is 0 Å². The van der Waals surface area contributed by atoms with E-state index in [1.54, 1.807) is 30.0 Å².